The smallest absolute Gasteiger partial charge is 0.271 e. The Labute approximate surface area is 173 Å². The summed E-state index contributed by atoms with van der Waals surface area (Å²) in [5.41, 5.74) is 4.64. The molecule has 1 N–H and O–H groups in total. The van der Waals surface area contributed by atoms with Gasteiger partial charge in [-0.1, -0.05) is 60.1 Å². The molecule has 4 nitrogen and oxygen atoms in total. The Morgan fingerprint density at radius 3 is 2.18 bits per heavy atom. The van der Waals surface area contributed by atoms with Crippen LogP contribution in [-0.2, 0) is 0 Å². The van der Waals surface area contributed by atoms with Crippen LogP contribution in [0, 0.1) is 0 Å². The number of halogens is 1. The Bertz CT molecular complexity index is 1020. The predicted molar refractivity (Wildman–Crippen MR) is 115 cm³/mol. The van der Waals surface area contributed by atoms with Crippen molar-refractivity contribution in [1.82, 2.24) is 5.43 Å². The van der Waals surface area contributed by atoms with E-state index in [1.54, 1.807) is 66.7 Å². The van der Waals surface area contributed by atoms with Gasteiger partial charge in [0.1, 0.15) is 0 Å². The first kappa shape index (κ1) is 19.9. The van der Waals surface area contributed by atoms with Crippen molar-refractivity contribution in [2.75, 3.05) is 0 Å². The number of hydrogen-bond acceptors (Lipinski definition) is 4. The van der Waals surface area contributed by atoms with Crippen LogP contribution in [0.4, 0.5) is 0 Å². The van der Waals surface area contributed by atoms with E-state index in [9.17, 15) is 9.59 Å². The van der Waals surface area contributed by atoms with Crippen molar-refractivity contribution in [3.05, 3.63) is 101 Å². The number of benzene rings is 3. The zero-order valence-corrected chi connectivity index (χ0v) is 16.5. The van der Waals surface area contributed by atoms with Gasteiger partial charge in [0.05, 0.1) is 12.1 Å². The molecule has 6 heteroatoms. The number of amides is 1. The normalized spacial score (nSPS) is 11.1. The van der Waals surface area contributed by atoms with E-state index in [-0.39, 0.29) is 18.1 Å². The van der Waals surface area contributed by atoms with Crippen LogP contribution in [-0.4, -0.2) is 17.4 Å². The number of nitrogens with zero attached hydrogens (tertiary/aromatic N) is 1. The molecule has 0 aliphatic rings. The SMILES string of the molecule is O=C(N/N=C(\CC(=O)c1ccccc1S)c1ccc(Cl)cc1)c1ccccc1. The van der Waals surface area contributed by atoms with Crippen LogP contribution in [0.2, 0.25) is 5.02 Å². The van der Waals surface area contributed by atoms with Gasteiger partial charge in [-0.15, -0.1) is 12.6 Å². The van der Waals surface area contributed by atoms with E-state index >= 15 is 0 Å². The van der Waals surface area contributed by atoms with Gasteiger partial charge in [0, 0.05) is 21.0 Å². The number of thiol groups is 1. The number of hydrogen-bond donors (Lipinski definition) is 2. The van der Waals surface area contributed by atoms with Crippen LogP contribution < -0.4 is 5.43 Å². The minimum absolute atomic E-state index is 0.00821. The number of ketones is 1. The van der Waals surface area contributed by atoms with E-state index in [2.05, 4.69) is 23.2 Å². The molecule has 3 aromatic carbocycles. The van der Waals surface area contributed by atoms with Crippen molar-refractivity contribution in [3.8, 4) is 0 Å². The van der Waals surface area contributed by atoms with Crippen LogP contribution in [0.1, 0.15) is 32.7 Å². The predicted octanol–water partition coefficient (Wildman–Crippen LogP) is 5.04. The quantitative estimate of drug-likeness (QED) is 0.260. The molecule has 3 aromatic rings. The molecule has 3 rings (SSSR count). The molecule has 0 aromatic heterocycles. The van der Waals surface area contributed by atoms with Crippen molar-refractivity contribution in [2.45, 2.75) is 11.3 Å². The molecule has 0 fully saturated rings. The number of carbonyl (C=O) groups excluding carboxylic acids is 2. The fraction of sp³-hybridized carbons (Fsp3) is 0.0455. The minimum Gasteiger partial charge on any atom is -0.294 e. The molecular formula is C22H17ClN2O2S. The van der Waals surface area contributed by atoms with E-state index < -0.39 is 0 Å². The number of rotatable bonds is 6. The van der Waals surface area contributed by atoms with Gasteiger partial charge in [-0.25, -0.2) is 5.43 Å². The van der Waals surface area contributed by atoms with E-state index in [4.69, 9.17) is 11.6 Å². The zero-order valence-electron chi connectivity index (χ0n) is 14.8. The first-order valence-corrected chi connectivity index (χ1v) is 9.36. The van der Waals surface area contributed by atoms with Gasteiger partial charge in [0.25, 0.3) is 5.91 Å². The lowest BCUT2D eigenvalue weighted by Crippen LogP contribution is -2.21. The van der Waals surface area contributed by atoms with Gasteiger partial charge >= 0.3 is 0 Å². The second-order valence-corrected chi connectivity index (χ2v) is 6.91. The maximum atomic E-state index is 12.8. The first-order valence-electron chi connectivity index (χ1n) is 8.53. The summed E-state index contributed by atoms with van der Waals surface area (Å²) in [7, 11) is 0. The lowest BCUT2D eigenvalue weighted by atomic mass is 10.0. The molecule has 0 radical (unpaired) electrons. The van der Waals surface area contributed by atoms with Crippen molar-refractivity contribution in [3.63, 3.8) is 0 Å². The fourth-order valence-corrected chi connectivity index (χ4v) is 2.99. The zero-order chi connectivity index (χ0) is 19.9. The second-order valence-electron chi connectivity index (χ2n) is 5.99. The minimum atomic E-state index is -0.353. The molecule has 0 spiro atoms. The first-order chi connectivity index (χ1) is 13.5. The molecule has 0 aliphatic carbocycles. The highest BCUT2D eigenvalue weighted by atomic mass is 35.5. The summed E-state index contributed by atoms with van der Waals surface area (Å²) in [6.07, 6.45) is 0.00821. The molecule has 1 amide bonds. The summed E-state index contributed by atoms with van der Waals surface area (Å²) in [4.78, 5) is 25.7. The summed E-state index contributed by atoms with van der Waals surface area (Å²) >= 11 is 10.3. The average molecular weight is 409 g/mol. The molecular weight excluding hydrogens is 392 g/mol. The number of Topliss-reactive ketones (excluding diaryl/α,β-unsaturated/α-hetero) is 1. The van der Waals surface area contributed by atoms with Gasteiger partial charge < -0.3 is 0 Å². The Morgan fingerprint density at radius 2 is 1.50 bits per heavy atom. The van der Waals surface area contributed by atoms with E-state index in [0.717, 1.165) is 0 Å². The summed E-state index contributed by atoms with van der Waals surface area (Å²) in [5.74, 6) is -0.498. The van der Waals surface area contributed by atoms with Crippen LogP contribution in [0.25, 0.3) is 0 Å². The Morgan fingerprint density at radius 1 is 0.857 bits per heavy atom. The van der Waals surface area contributed by atoms with Gasteiger partial charge in [0.15, 0.2) is 5.78 Å². The van der Waals surface area contributed by atoms with Crippen molar-refractivity contribution < 1.29 is 9.59 Å². The van der Waals surface area contributed by atoms with Gasteiger partial charge in [-0.3, -0.25) is 9.59 Å². The third-order valence-electron chi connectivity index (χ3n) is 4.04. The molecule has 0 atom stereocenters. The molecule has 140 valence electrons. The molecule has 0 saturated carbocycles. The molecule has 0 unspecified atom stereocenters. The van der Waals surface area contributed by atoms with Crippen LogP contribution in [0.3, 0.4) is 0 Å². The lowest BCUT2D eigenvalue weighted by Gasteiger charge is -2.09. The van der Waals surface area contributed by atoms with Gasteiger partial charge in [0.2, 0.25) is 0 Å². The molecule has 28 heavy (non-hydrogen) atoms. The highest BCUT2D eigenvalue weighted by molar-refractivity contribution is 7.80. The topological polar surface area (TPSA) is 58.5 Å². The largest absolute Gasteiger partial charge is 0.294 e. The van der Waals surface area contributed by atoms with Gasteiger partial charge in [-0.2, -0.15) is 5.10 Å². The number of hydrazone groups is 1. The van der Waals surface area contributed by atoms with Crippen LogP contribution in [0.15, 0.2) is 88.9 Å². The number of carbonyl (C=O) groups is 2. The maximum absolute atomic E-state index is 12.8. The highest BCUT2D eigenvalue weighted by Gasteiger charge is 2.15. The monoisotopic (exact) mass is 408 g/mol. The highest BCUT2D eigenvalue weighted by Crippen LogP contribution is 2.18. The average Bonchev–Trinajstić information content (AvgIpc) is 2.72. The summed E-state index contributed by atoms with van der Waals surface area (Å²) in [6, 6.07) is 22.8. The number of nitrogens with one attached hydrogen (secondary N) is 1. The van der Waals surface area contributed by atoms with Crippen molar-refractivity contribution >= 4 is 41.6 Å². The summed E-state index contributed by atoms with van der Waals surface area (Å²) < 4.78 is 0. The maximum Gasteiger partial charge on any atom is 0.271 e. The molecule has 0 bridgehead atoms. The van der Waals surface area contributed by atoms with E-state index in [0.29, 0.717) is 32.3 Å². The molecule has 0 saturated heterocycles. The van der Waals surface area contributed by atoms with Crippen molar-refractivity contribution in [2.24, 2.45) is 5.10 Å². The Balaban J connectivity index is 1.87. The summed E-state index contributed by atoms with van der Waals surface area (Å²) in [6.45, 7) is 0. The van der Waals surface area contributed by atoms with Crippen LogP contribution in [0.5, 0.6) is 0 Å². The standard InChI is InChI=1S/C22H17ClN2O2S/c23-17-12-10-15(11-13-17)19(14-20(26)18-8-4-5-9-21(18)28)24-25-22(27)16-6-2-1-3-7-16/h1-13,28H,14H2,(H,25,27)/b24-19+. The Hall–Kier alpha value is -2.89. The third kappa shape index (κ3) is 5.09. The summed E-state index contributed by atoms with van der Waals surface area (Å²) in [5, 5.41) is 4.80. The third-order valence-corrected chi connectivity index (χ3v) is 4.68. The molecule has 0 aliphatic heterocycles. The lowest BCUT2D eigenvalue weighted by molar-refractivity contribution is 0.0950. The Kier molecular flexibility index (Phi) is 6.63. The molecule has 0 heterocycles. The van der Waals surface area contributed by atoms with E-state index in [1.165, 1.54) is 0 Å². The van der Waals surface area contributed by atoms with Crippen LogP contribution >= 0.6 is 24.2 Å². The fourth-order valence-electron chi connectivity index (χ4n) is 2.58. The van der Waals surface area contributed by atoms with Crippen molar-refractivity contribution in [1.29, 1.82) is 0 Å². The van der Waals surface area contributed by atoms with Gasteiger partial charge in [-0.05, 0) is 35.9 Å². The second kappa shape index (κ2) is 9.35. The van der Waals surface area contributed by atoms with E-state index in [1.807, 2.05) is 12.1 Å².